The van der Waals surface area contributed by atoms with Gasteiger partial charge in [0.2, 0.25) is 0 Å². The fourth-order valence-electron chi connectivity index (χ4n) is 8.02. The van der Waals surface area contributed by atoms with Crippen molar-refractivity contribution < 1.29 is 4.79 Å². The lowest BCUT2D eigenvalue weighted by Gasteiger charge is -2.56. The molecule has 0 spiro atoms. The van der Waals surface area contributed by atoms with Crippen molar-refractivity contribution in [1.82, 2.24) is 0 Å². The summed E-state index contributed by atoms with van der Waals surface area (Å²) in [4.78, 5) is 12.0. The number of ketones is 1. The van der Waals surface area contributed by atoms with Gasteiger partial charge >= 0.3 is 0 Å². The maximum atomic E-state index is 12.0. The quantitative estimate of drug-likeness (QED) is 0.485. The molecule has 0 saturated heterocycles. The number of fused-ring (bicyclic) bond motifs is 5. The molecular weight excluding hydrogens is 340 g/mol. The minimum Gasteiger partial charge on any atom is -0.295 e. The molecule has 1 heteroatoms. The first-order valence-corrected chi connectivity index (χ1v) is 12.2. The van der Waals surface area contributed by atoms with Crippen LogP contribution in [0.2, 0.25) is 0 Å². The minimum absolute atomic E-state index is 0.246. The van der Waals surface area contributed by atoms with Gasteiger partial charge in [0.25, 0.3) is 0 Å². The molecule has 4 rings (SSSR count). The fraction of sp³-hybridized carbons (Fsp3) is 0.815. The molecule has 4 aliphatic carbocycles. The molecule has 0 bridgehead atoms. The predicted octanol–water partition coefficient (Wildman–Crippen LogP) is 7.37. The van der Waals surface area contributed by atoms with Crippen LogP contribution in [-0.4, -0.2) is 5.78 Å². The molecule has 0 unspecified atom stereocenters. The Hall–Kier alpha value is -0.850. The van der Waals surface area contributed by atoms with E-state index in [0.717, 1.165) is 48.3 Å². The van der Waals surface area contributed by atoms with E-state index in [-0.39, 0.29) is 5.41 Å². The highest BCUT2D eigenvalue weighted by Crippen LogP contribution is 2.66. The standard InChI is InChI=1S/C27H42O/c1-18(2)7-6-8-19(3)23-11-12-24-22-10-9-20-17-21(28)13-15-26(20,4)25(22)14-16-27(23,24)5/h9-10,17-19,22-25H,6-8,11-16H2,1-5H3/t19-,22+,23+,24-,25+,26-,27+/m0/s1. The maximum absolute atomic E-state index is 12.0. The van der Waals surface area contributed by atoms with Crippen LogP contribution in [0.1, 0.15) is 92.4 Å². The van der Waals surface area contributed by atoms with Crippen LogP contribution in [0.3, 0.4) is 0 Å². The smallest absolute Gasteiger partial charge is 0.156 e. The molecule has 2 fully saturated rings. The molecule has 156 valence electrons. The second kappa shape index (κ2) is 7.44. The zero-order valence-electron chi connectivity index (χ0n) is 19.0. The molecule has 1 nitrogen and oxygen atoms in total. The molecule has 4 aliphatic rings. The fourth-order valence-corrected chi connectivity index (χ4v) is 8.02. The molecule has 0 radical (unpaired) electrons. The second-order valence-electron chi connectivity index (χ2n) is 11.7. The molecule has 0 aromatic heterocycles. The summed E-state index contributed by atoms with van der Waals surface area (Å²) in [5, 5.41) is 0. The van der Waals surface area contributed by atoms with Crippen LogP contribution in [0.15, 0.2) is 23.8 Å². The van der Waals surface area contributed by atoms with E-state index < -0.39 is 0 Å². The first kappa shape index (κ1) is 20.4. The Morgan fingerprint density at radius 3 is 2.57 bits per heavy atom. The SMILES string of the molecule is CC(C)CCC[C@H](C)[C@H]1CC[C@H]2[C@H]3C=CC4=CC(=O)CC[C@]4(C)[C@@H]3CC[C@]12C. The van der Waals surface area contributed by atoms with Gasteiger partial charge in [0.05, 0.1) is 0 Å². The first-order valence-electron chi connectivity index (χ1n) is 12.2. The Labute approximate surface area is 173 Å². The Morgan fingerprint density at radius 2 is 1.82 bits per heavy atom. The van der Waals surface area contributed by atoms with Crippen molar-refractivity contribution in [2.24, 2.45) is 46.3 Å². The van der Waals surface area contributed by atoms with Gasteiger partial charge in [-0.3, -0.25) is 4.79 Å². The van der Waals surface area contributed by atoms with Crippen molar-refractivity contribution in [3.8, 4) is 0 Å². The summed E-state index contributed by atoms with van der Waals surface area (Å²) in [6.07, 6.45) is 18.5. The second-order valence-corrected chi connectivity index (χ2v) is 11.7. The topological polar surface area (TPSA) is 17.1 Å². The molecular formula is C27H42O. The van der Waals surface area contributed by atoms with Gasteiger partial charge in [0.1, 0.15) is 0 Å². The molecule has 0 N–H and O–H groups in total. The summed E-state index contributed by atoms with van der Waals surface area (Å²) in [5.74, 6) is 5.32. The Kier molecular flexibility index (Phi) is 5.43. The van der Waals surface area contributed by atoms with Crippen LogP contribution < -0.4 is 0 Å². The van der Waals surface area contributed by atoms with Gasteiger partial charge in [-0.1, -0.05) is 66.0 Å². The Bertz CT molecular complexity index is 670. The van der Waals surface area contributed by atoms with E-state index in [9.17, 15) is 4.79 Å². The predicted molar refractivity (Wildman–Crippen MR) is 118 cm³/mol. The highest BCUT2D eigenvalue weighted by Gasteiger charge is 2.58. The highest BCUT2D eigenvalue weighted by molar-refractivity contribution is 5.92. The van der Waals surface area contributed by atoms with Gasteiger partial charge in [-0.05, 0) is 90.1 Å². The summed E-state index contributed by atoms with van der Waals surface area (Å²) in [6.45, 7) is 12.4. The van der Waals surface area contributed by atoms with Gasteiger partial charge < -0.3 is 0 Å². The molecule has 2 saturated carbocycles. The van der Waals surface area contributed by atoms with Crippen molar-refractivity contribution in [1.29, 1.82) is 0 Å². The monoisotopic (exact) mass is 382 g/mol. The molecule has 0 aromatic rings. The van der Waals surface area contributed by atoms with Crippen LogP contribution in [0.25, 0.3) is 0 Å². The largest absolute Gasteiger partial charge is 0.295 e. The van der Waals surface area contributed by atoms with Crippen LogP contribution in [0, 0.1) is 46.3 Å². The average molecular weight is 383 g/mol. The molecule has 0 aliphatic heterocycles. The van der Waals surface area contributed by atoms with Crippen LogP contribution in [-0.2, 0) is 4.79 Å². The van der Waals surface area contributed by atoms with Crippen molar-refractivity contribution in [3.63, 3.8) is 0 Å². The van der Waals surface area contributed by atoms with E-state index >= 15 is 0 Å². The van der Waals surface area contributed by atoms with E-state index in [0.29, 0.717) is 11.2 Å². The molecule has 0 amide bonds. The maximum Gasteiger partial charge on any atom is 0.156 e. The molecule has 28 heavy (non-hydrogen) atoms. The average Bonchev–Trinajstić information content (AvgIpc) is 2.99. The van der Waals surface area contributed by atoms with Gasteiger partial charge in [-0.15, -0.1) is 0 Å². The lowest BCUT2D eigenvalue weighted by Crippen LogP contribution is -2.49. The molecule has 0 aromatic carbocycles. The van der Waals surface area contributed by atoms with Crippen molar-refractivity contribution in [2.45, 2.75) is 92.4 Å². The number of hydrogen-bond acceptors (Lipinski definition) is 1. The number of allylic oxidation sites excluding steroid dienone is 4. The highest BCUT2D eigenvalue weighted by atomic mass is 16.1. The zero-order valence-corrected chi connectivity index (χ0v) is 19.0. The number of carbonyl (C=O) groups is 1. The third-order valence-electron chi connectivity index (χ3n) is 9.72. The molecule has 7 atom stereocenters. The van der Waals surface area contributed by atoms with E-state index in [1.54, 1.807) is 0 Å². The number of rotatable bonds is 5. The third kappa shape index (κ3) is 3.25. The van der Waals surface area contributed by atoms with Crippen LogP contribution in [0.4, 0.5) is 0 Å². The van der Waals surface area contributed by atoms with E-state index in [4.69, 9.17) is 0 Å². The summed E-state index contributed by atoms with van der Waals surface area (Å²) >= 11 is 0. The van der Waals surface area contributed by atoms with E-state index in [1.807, 2.05) is 6.08 Å². The summed E-state index contributed by atoms with van der Waals surface area (Å²) < 4.78 is 0. The van der Waals surface area contributed by atoms with Gasteiger partial charge in [0, 0.05) is 6.42 Å². The van der Waals surface area contributed by atoms with Crippen molar-refractivity contribution >= 4 is 5.78 Å². The summed E-state index contributed by atoms with van der Waals surface area (Å²) in [6, 6.07) is 0. The number of hydrogen-bond donors (Lipinski definition) is 0. The summed E-state index contributed by atoms with van der Waals surface area (Å²) in [7, 11) is 0. The minimum atomic E-state index is 0.246. The zero-order chi connectivity index (χ0) is 20.1. The Balaban J connectivity index is 1.53. The van der Waals surface area contributed by atoms with Crippen molar-refractivity contribution in [3.05, 3.63) is 23.8 Å². The van der Waals surface area contributed by atoms with E-state index in [1.165, 1.54) is 50.5 Å². The van der Waals surface area contributed by atoms with E-state index in [2.05, 4.69) is 46.8 Å². The summed E-state index contributed by atoms with van der Waals surface area (Å²) in [5.41, 5.74) is 2.12. The van der Waals surface area contributed by atoms with Gasteiger partial charge in [-0.2, -0.15) is 0 Å². The van der Waals surface area contributed by atoms with Gasteiger partial charge in [-0.25, -0.2) is 0 Å². The molecule has 0 heterocycles. The normalized spacial score (nSPS) is 43.4. The number of carbonyl (C=O) groups excluding carboxylic acids is 1. The lowest BCUT2D eigenvalue weighted by molar-refractivity contribution is -0.116. The first-order chi connectivity index (χ1) is 13.3. The van der Waals surface area contributed by atoms with Crippen molar-refractivity contribution in [2.75, 3.05) is 0 Å². The Morgan fingerprint density at radius 1 is 1.04 bits per heavy atom. The van der Waals surface area contributed by atoms with Gasteiger partial charge in [0.15, 0.2) is 5.78 Å². The lowest BCUT2D eigenvalue weighted by atomic mass is 9.48. The third-order valence-corrected chi connectivity index (χ3v) is 9.72. The van der Waals surface area contributed by atoms with Crippen LogP contribution >= 0.6 is 0 Å². The van der Waals surface area contributed by atoms with Crippen LogP contribution in [0.5, 0.6) is 0 Å².